The number of ether oxygens (including phenoxy) is 1. The van der Waals surface area contributed by atoms with E-state index in [1.165, 1.54) is 28.5 Å². The van der Waals surface area contributed by atoms with Gasteiger partial charge in [-0.25, -0.2) is 0 Å². The predicted molar refractivity (Wildman–Crippen MR) is 113 cm³/mol. The maximum Gasteiger partial charge on any atom is 0.265 e. The van der Waals surface area contributed by atoms with Crippen molar-refractivity contribution < 1.29 is 19.1 Å². The van der Waals surface area contributed by atoms with Crippen molar-refractivity contribution in [2.24, 2.45) is 0 Å². The lowest BCUT2D eigenvalue weighted by molar-refractivity contribution is -0.139. The summed E-state index contributed by atoms with van der Waals surface area (Å²) in [6, 6.07) is 14.6. The SMILES string of the molecule is CSc1ccccc1NC(=O)CN(C)C(=O)[C@@H]1CN(C(C)=O)c2ccccc2O1. The molecule has 0 fully saturated rings. The van der Waals surface area contributed by atoms with Crippen LogP contribution in [0, 0.1) is 0 Å². The van der Waals surface area contributed by atoms with Gasteiger partial charge in [0.1, 0.15) is 5.75 Å². The molecule has 3 rings (SSSR count). The number of nitrogens with one attached hydrogen (secondary N) is 1. The Kier molecular flexibility index (Phi) is 6.43. The molecular formula is C21H23N3O4S. The molecule has 0 aliphatic carbocycles. The normalized spacial score (nSPS) is 15.1. The number of hydrogen-bond donors (Lipinski definition) is 1. The highest BCUT2D eigenvalue weighted by molar-refractivity contribution is 7.98. The van der Waals surface area contributed by atoms with Crippen LogP contribution in [0.2, 0.25) is 0 Å². The molecular weight excluding hydrogens is 390 g/mol. The molecule has 1 atom stereocenters. The van der Waals surface area contributed by atoms with Crippen molar-refractivity contribution in [3.05, 3.63) is 48.5 Å². The number of thioether (sulfide) groups is 1. The molecule has 2 aromatic rings. The fraction of sp³-hybridized carbons (Fsp3) is 0.286. The molecule has 0 saturated heterocycles. The molecule has 7 nitrogen and oxygen atoms in total. The molecule has 8 heteroatoms. The van der Waals surface area contributed by atoms with E-state index < -0.39 is 6.10 Å². The highest BCUT2D eigenvalue weighted by Gasteiger charge is 2.34. The van der Waals surface area contributed by atoms with Crippen LogP contribution < -0.4 is 15.0 Å². The Hall–Kier alpha value is -3.00. The van der Waals surface area contributed by atoms with Gasteiger partial charge in [0.25, 0.3) is 5.91 Å². The Morgan fingerprint density at radius 2 is 1.86 bits per heavy atom. The van der Waals surface area contributed by atoms with E-state index in [0.717, 1.165) is 4.90 Å². The average molecular weight is 413 g/mol. The molecule has 29 heavy (non-hydrogen) atoms. The summed E-state index contributed by atoms with van der Waals surface area (Å²) in [7, 11) is 1.55. The summed E-state index contributed by atoms with van der Waals surface area (Å²) in [5.74, 6) is -0.368. The molecule has 2 aromatic carbocycles. The number of para-hydroxylation sites is 3. The van der Waals surface area contributed by atoms with Crippen LogP contribution in [0.4, 0.5) is 11.4 Å². The number of carbonyl (C=O) groups excluding carboxylic acids is 3. The number of fused-ring (bicyclic) bond motifs is 1. The first-order chi connectivity index (χ1) is 13.9. The Balaban J connectivity index is 1.67. The third-order valence-electron chi connectivity index (χ3n) is 4.57. The van der Waals surface area contributed by atoms with E-state index in [1.807, 2.05) is 36.6 Å². The molecule has 0 radical (unpaired) electrons. The number of anilines is 2. The first kappa shape index (κ1) is 20.7. The van der Waals surface area contributed by atoms with Gasteiger partial charge in [-0.15, -0.1) is 11.8 Å². The zero-order chi connectivity index (χ0) is 21.0. The maximum absolute atomic E-state index is 12.9. The molecule has 1 N–H and O–H groups in total. The standard InChI is InChI=1S/C21H23N3O4S/c1-14(25)24-12-18(28-17-10-6-5-9-16(17)24)21(27)23(2)13-20(26)22-15-8-4-7-11-19(15)29-3/h4-11,18H,12-13H2,1-3H3,(H,22,26)/t18-/m0/s1. The van der Waals surface area contributed by atoms with Gasteiger partial charge in [-0.1, -0.05) is 24.3 Å². The average Bonchev–Trinajstić information content (AvgIpc) is 2.72. The van der Waals surface area contributed by atoms with Gasteiger partial charge >= 0.3 is 0 Å². The Morgan fingerprint density at radius 1 is 1.17 bits per heavy atom. The second-order valence-electron chi connectivity index (χ2n) is 6.65. The summed E-state index contributed by atoms with van der Waals surface area (Å²) in [6.07, 6.45) is 1.06. The third-order valence-corrected chi connectivity index (χ3v) is 5.36. The molecule has 152 valence electrons. The van der Waals surface area contributed by atoms with Crippen molar-refractivity contribution in [2.45, 2.75) is 17.9 Å². The smallest absolute Gasteiger partial charge is 0.265 e. The van der Waals surface area contributed by atoms with E-state index in [0.29, 0.717) is 17.1 Å². The van der Waals surface area contributed by atoms with Crippen LogP contribution in [0.3, 0.4) is 0 Å². The molecule has 0 bridgehead atoms. The van der Waals surface area contributed by atoms with Gasteiger partial charge in [0.05, 0.1) is 24.5 Å². The molecule has 3 amide bonds. The fourth-order valence-electron chi connectivity index (χ4n) is 3.14. The molecule has 1 heterocycles. The van der Waals surface area contributed by atoms with E-state index in [2.05, 4.69) is 5.32 Å². The van der Waals surface area contributed by atoms with Crippen LogP contribution in [0.5, 0.6) is 5.75 Å². The molecule has 1 aliphatic heterocycles. The minimum absolute atomic E-state index is 0.104. The van der Waals surface area contributed by atoms with Gasteiger partial charge in [-0.3, -0.25) is 14.4 Å². The zero-order valence-corrected chi connectivity index (χ0v) is 17.4. The predicted octanol–water partition coefficient (Wildman–Crippen LogP) is 2.62. The number of hydrogen-bond acceptors (Lipinski definition) is 5. The van der Waals surface area contributed by atoms with Gasteiger partial charge < -0.3 is 19.9 Å². The van der Waals surface area contributed by atoms with Crippen molar-refractivity contribution in [2.75, 3.05) is 36.6 Å². The van der Waals surface area contributed by atoms with E-state index in [1.54, 1.807) is 25.2 Å². The highest BCUT2D eigenvalue weighted by Crippen LogP contribution is 2.33. The van der Waals surface area contributed by atoms with Gasteiger partial charge in [0, 0.05) is 18.9 Å². The minimum Gasteiger partial charge on any atom is -0.476 e. The molecule has 0 spiro atoms. The first-order valence-electron chi connectivity index (χ1n) is 9.12. The summed E-state index contributed by atoms with van der Waals surface area (Å²) < 4.78 is 5.81. The summed E-state index contributed by atoms with van der Waals surface area (Å²) in [4.78, 5) is 41.1. The van der Waals surface area contributed by atoms with E-state index in [4.69, 9.17) is 4.74 Å². The first-order valence-corrected chi connectivity index (χ1v) is 10.3. The minimum atomic E-state index is -0.870. The van der Waals surface area contributed by atoms with Gasteiger partial charge in [0.15, 0.2) is 6.10 Å². The monoisotopic (exact) mass is 413 g/mol. The van der Waals surface area contributed by atoms with Gasteiger partial charge in [-0.05, 0) is 30.5 Å². The third kappa shape index (κ3) is 4.71. The lowest BCUT2D eigenvalue weighted by Crippen LogP contribution is -2.51. The summed E-state index contributed by atoms with van der Waals surface area (Å²) in [6.45, 7) is 1.43. The second kappa shape index (κ2) is 9.00. The van der Waals surface area contributed by atoms with Crippen molar-refractivity contribution >= 4 is 40.9 Å². The number of benzene rings is 2. The topological polar surface area (TPSA) is 79.0 Å². The molecule has 0 unspecified atom stereocenters. The second-order valence-corrected chi connectivity index (χ2v) is 7.49. The van der Waals surface area contributed by atoms with Crippen LogP contribution in [0.1, 0.15) is 6.92 Å². The number of amides is 3. The maximum atomic E-state index is 12.9. The van der Waals surface area contributed by atoms with Crippen LogP contribution in [-0.2, 0) is 14.4 Å². The summed E-state index contributed by atoms with van der Waals surface area (Å²) >= 11 is 1.53. The molecule has 1 aliphatic rings. The zero-order valence-electron chi connectivity index (χ0n) is 16.5. The summed E-state index contributed by atoms with van der Waals surface area (Å²) in [5, 5.41) is 2.83. The molecule has 0 aromatic heterocycles. The highest BCUT2D eigenvalue weighted by atomic mass is 32.2. The quantitative estimate of drug-likeness (QED) is 0.763. The van der Waals surface area contributed by atoms with Crippen LogP contribution >= 0.6 is 11.8 Å². The van der Waals surface area contributed by atoms with Crippen molar-refractivity contribution in [1.82, 2.24) is 4.90 Å². The number of nitrogens with zero attached hydrogens (tertiary/aromatic N) is 2. The van der Waals surface area contributed by atoms with E-state index in [9.17, 15) is 14.4 Å². The van der Waals surface area contributed by atoms with Crippen molar-refractivity contribution in [1.29, 1.82) is 0 Å². The van der Waals surface area contributed by atoms with Gasteiger partial charge in [-0.2, -0.15) is 0 Å². The largest absolute Gasteiger partial charge is 0.476 e. The lowest BCUT2D eigenvalue weighted by atomic mass is 10.1. The lowest BCUT2D eigenvalue weighted by Gasteiger charge is -2.35. The van der Waals surface area contributed by atoms with Crippen molar-refractivity contribution in [3.63, 3.8) is 0 Å². The van der Waals surface area contributed by atoms with Crippen LogP contribution in [-0.4, -0.2) is 55.1 Å². The van der Waals surface area contributed by atoms with Crippen LogP contribution in [0.25, 0.3) is 0 Å². The Morgan fingerprint density at radius 3 is 2.59 bits per heavy atom. The van der Waals surface area contributed by atoms with Crippen LogP contribution in [0.15, 0.2) is 53.4 Å². The summed E-state index contributed by atoms with van der Waals surface area (Å²) in [5.41, 5.74) is 1.34. The fourth-order valence-corrected chi connectivity index (χ4v) is 3.69. The number of likely N-dealkylation sites (N-methyl/N-ethyl adjacent to an activating group) is 1. The molecule has 0 saturated carbocycles. The Labute approximate surface area is 174 Å². The van der Waals surface area contributed by atoms with Gasteiger partial charge in [0.2, 0.25) is 11.8 Å². The van der Waals surface area contributed by atoms with E-state index in [-0.39, 0.29) is 30.8 Å². The van der Waals surface area contributed by atoms with E-state index >= 15 is 0 Å². The Bertz CT molecular complexity index is 934. The number of rotatable bonds is 5. The number of carbonyl (C=O) groups is 3. The van der Waals surface area contributed by atoms with Crippen molar-refractivity contribution in [3.8, 4) is 5.75 Å².